The van der Waals surface area contributed by atoms with Gasteiger partial charge in [-0.05, 0) is 54.7 Å². The van der Waals surface area contributed by atoms with Gasteiger partial charge in [-0.2, -0.15) is 0 Å². The van der Waals surface area contributed by atoms with Crippen molar-refractivity contribution in [1.82, 2.24) is 0 Å². The van der Waals surface area contributed by atoms with Crippen molar-refractivity contribution in [3.8, 4) is 5.75 Å². The lowest BCUT2D eigenvalue weighted by Gasteiger charge is -2.48. The predicted octanol–water partition coefficient (Wildman–Crippen LogP) is 2.27. The summed E-state index contributed by atoms with van der Waals surface area (Å²) in [4.78, 5) is 0. The van der Waals surface area contributed by atoms with Crippen molar-refractivity contribution < 1.29 is 29.9 Å². The molecule has 0 aromatic heterocycles. The minimum Gasteiger partial charge on any atom is -0.494 e. The smallest absolute Gasteiger partial charge is 0.122 e. The molecule has 0 spiro atoms. The fourth-order valence-corrected chi connectivity index (χ4v) is 4.40. The van der Waals surface area contributed by atoms with Crippen LogP contribution in [0.25, 0.3) is 0 Å². The molecule has 1 fully saturated rings. The van der Waals surface area contributed by atoms with Gasteiger partial charge in [-0.1, -0.05) is 35.9 Å². The first kappa shape index (κ1) is 23.0. The average Bonchev–Trinajstić information content (AvgIpc) is 2.76. The highest BCUT2D eigenvalue weighted by molar-refractivity contribution is 6.31. The normalized spacial score (nSPS) is 29.0. The zero-order chi connectivity index (χ0) is 21.9. The first-order valence-corrected chi connectivity index (χ1v) is 10.4. The van der Waals surface area contributed by atoms with E-state index in [2.05, 4.69) is 0 Å². The van der Waals surface area contributed by atoms with Crippen LogP contribution < -0.4 is 4.74 Å². The standard InChI is InChI=1S/C23H29ClO6/c1-3-30-18-7-4-14(5-8-18)10-15-11-17(6-9-19(15)24)23(29-2)12-16(13-25)20(26)21(27)22(23)28/h4-9,11,16,20-22,25-28H,3,10,12-13H2,1-2H3/t16-,20-,21+,22-,23-/m1/s1. The van der Waals surface area contributed by atoms with Gasteiger partial charge in [0.15, 0.2) is 0 Å². The SMILES string of the molecule is CCOc1ccc(Cc2cc([C@]3(OC)C[C@H](CO)[C@@H](O)[C@H](O)[C@H]3O)ccc2Cl)cc1. The maximum atomic E-state index is 10.8. The van der Waals surface area contributed by atoms with Crippen molar-refractivity contribution in [1.29, 1.82) is 0 Å². The molecule has 0 aliphatic heterocycles. The molecule has 7 heteroatoms. The summed E-state index contributed by atoms with van der Waals surface area (Å²) in [7, 11) is 1.45. The van der Waals surface area contributed by atoms with Gasteiger partial charge >= 0.3 is 0 Å². The van der Waals surface area contributed by atoms with Crippen LogP contribution in [0.5, 0.6) is 5.75 Å². The molecule has 0 saturated heterocycles. The second-order valence-corrected chi connectivity index (χ2v) is 8.13. The highest BCUT2D eigenvalue weighted by Gasteiger charge is 2.53. The quantitative estimate of drug-likeness (QED) is 0.531. The van der Waals surface area contributed by atoms with Crippen molar-refractivity contribution in [2.45, 2.75) is 43.7 Å². The minimum atomic E-state index is -1.44. The van der Waals surface area contributed by atoms with Gasteiger partial charge in [0, 0.05) is 24.7 Å². The van der Waals surface area contributed by atoms with E-state index in [1.807, 2.05) is 37.3 Å². The van der Waals surface area contributed by atoms with Crippen LogP contribution in [0.15, 0.2) is 42.5 Å². The van der Waals surface area contributed by atoms with E-state index < -0.39 is 29.8 Å². The van der Waals surface area contributed by atoms with Gasteiger partial charge < -0.3 is 29.9 Å². The number of aliphatic hydroxyl groups excluding tert-OH is 4. The summed E-state index contributed by atoms with van der Waals surface area (Å²) >= 11 is 6.44. The Hall–Kier alpha value is -1.67. The third-order valence-corrected chi connectivity index (χ3v) is 6.33. The molecule has 0 amide bonds. The van der Waals surface area contributed by atoms with Gasteiger partial charge in [0.1, 0.15) is 23.6 Å². The van der Waals surface area contributed by atoms with Crippen LogP contribution in [0.4, 0.5) is 0 Å². The average molecular weight is 437 g/mol. The Morgan fingerprint density at radius 1 is 1.07 bits per heavy atom. The minimum absolute atomic E-state index is 0.156. The molecule has 0 unspecified atom stereocenters. The van der Waals surface area contributed by atoms with Crippen molar-refractivity contribution in [3.05, 3.63) is 64.2 Å². The molecular formula is C23H29ClO6. The van der Waals surface area contributed by atoms with Crippen LogP contribution in [-0.4, -0.2) is 59.1 Å². The van der Waals surface area contributed by atoms with Gasteiger partial charge in [-0.25, -0.2) is 0 Å². The van der Waals surface area contributed by atoms with Gasteiger partial charge in [-0.15, -0.1) is 0 Å². The second kappa shape index (κ2) is 9.64. The number of hydrogen-bond acceptors (Lipinski definition) is 6. The maximum Gasteiger partial charge on any atom is 0.122 e. The first-order chi connectivity index (χ1) is 14.4. The van der Waals surface area contributed by atoms with E-state index in [-0.39, 0.29) is 13.0 Å². The maximum absolute atomic E-state index is 10.8. The molecule has 6 nitrogen and oxygen atoms in total. The molecule has 4 N–H and O–H groups in total. The van der Waals surface area contributed by atoms with Crippen LogP contribution in [0, 0.1) is 5.92 Å². The Balaban J connectivity index is 1.94. The Kier molecular flexibility index (Phi) is 7.39. The first-order valence-electron chi connectivity index (χ1n) is 10.1. The second-order valence-electron chi connectivity index (χ2n) is 7.73. The lowest BCUT2D eigenvalue weighted by molar-refractivity contribution is -0.224. The summed E-state index contributed by atoms with van der Waals surface area (Å²) in [5.74, 6) is 0.168. The van der Waals surface area contributed by atoms with E-state index in [1.165, 1.54) is 7.11 Å². The third kappa shape index (κ3) is 4.35. The van der Waals surface area contributed by atoms with E-state index in [0.29, 0.717) is 23.6 Å². The molecule has 0 bridgehead atoms. The summed E-state index contributed by atoms with van der Waals surface area (Å²) in [6.07, 6.45) is -3.32. The fraction of sp³-hybridized carbons (Fsp3) is 0.478. The Labute approximate surface area is 181 Å². The van der Waals surface area contributed by atoms with Crippen LogP contribution in [0.1, 0.15) is 30.0 Å². The molecule has 0 heterocycles. The molecule has 2 aromatic rings. The number of rotatable bonds is 7. The van der Waals surface area contributed by atoms with E-state index in [1.54, 1.807) is 12.1 Å². The molecule has 1 aliphatic carbocycles. The Morgan fingerprint density at radius 2 is 1.77 bits per heavy atom. The van der Waals surface area contributed by atoms with Crippen molar-refractivity contribution in [2.24, 2.45) is 5.92 Å². The van der Waals surface area contributed by atoms with E-state index in [0.717, 1.165) is 16.9 Å². The number of hydrogen-bond donors (Lipinski definition) is 4. The number of benzene rings is 2. The van der Waals surface area contributed by atoms with Crippen molar-refractivity contribution in [3.63, 3.8) is 0 Å². The molecule has 5 atom stereocenters. The summed E-state index contributed by atoms with van der Waals surface area (Å²) in [6, 6.07) is 13.1. The van der Waals surface area contributed by atoms with E-state index in [4.69, 9.17) is 21.1 Å². The molecule has 3 rings (SSSR count). The number of ether oxygens (including phenoxy) is 2. The van der Waals surface area contributed by atoms with Crippen LogP contribution in [0.2, 0.25) is 5.02 Å². The lowest BCUT2D eigenvalue weighted by Crippen LogP contribution is -2.60. The van der Waals surface area contributed by atoms with Crippen molar-refractivity contribution >= 4 is 11.6 Å². The lowest BCUT2D eigenvalue weighted by atomic mass is 9.69. The highest BCUT2D eigenvalue weighted by Crippen LogP contribution is 2.44. The monoisotopic (exact) mass is 436 g/mol. The molecule has 2 aromatic carbocycles. The Morgan fingerprint density at radius 3 is 2.37 bits per heavy atom. The van der Waals surface area contributed by atoms with Crippen LogP contribution in [-0.2, 0) is 16.8 Å². The van der Waals surface area contributed by atoms with Gasteiger partial charge in [0.25, 0.3) is 0 Å². The zero-order valence-electron chi connectivity index (χ0n) is 17.2. The topological polar surface area (TPSA) is 99.4 Å². The molecular weight excluding hydrogens is 408 g/mol. The fourth-order valence-electron chi connectivity index (χ4n) is 4.22. The number of methoxy groups -OCH3 is 1. The highest BCUT2D eigenvalue weighted by atomic mass is 35.5. The third-order valence-electron chi connectivity index (χ3n) is 5.96. The van der Waals surface area contributed by atoms with E-state index >= 15 is 0 Å². The number of halogens is 1. The summed E-state index contributed by atoms with van der Waals surface area (Å²) < 4.78 is 11.2. The van der Waals surface area contributed by atoms with Crippen LogP contribution >= 0.6 is 11.6 Å². The zero-order valence-corrected chi connectivity index (χ0v) is 17.9. The van der Waals surface area contributed by atoms with Crippen LogP contribution in [0.3, 0.4) is 0 Å². The molecule has 0 radical (unpaired) electrons. The summed E-state index contributed by atoms with van der Waals surface area (Å²) in [5, 5.41) is 41.6. The summed E-state index contributed by atoms with van der Waals surface area (Å²) in [5.41, 5.74) is 1.23. The van der Waals surface area contributed by atoms with E-state index in [9.17, 15) is 20.4 Å². The predicted molar refractivity (Wildman–Crippen MR) is 114 cm³/mol. The largest absolute Gasteiger partial charge is 0.494 e. The molecule has 1 saturated carbocycles. The Bertz CT molecular complexity index is 840. The van der Waals surface area contributed by atoms with Gasteiger partial charge in [0.05, 0.1) is 12.7 Å². The summed E-state index contributed by atoms with van der Waals surface area (Å²) in [6.45, 7) is 2.20. The van der Waals surface area contributed by atoms with Gasteiger partial charge in [-0.3, -0.25) is 0 Å². The molecule has 30 heavy (non-hydrogen) atoms. The molecule has 1 aliphatic rings. The molecule has 164 valence electrons. The van der Waals surface area contributed by atoms with Crippen molar-refractivity contribution in [2.75, 3.05) is 20.3 Å². The number of aliphatic hydroxyl groups is 4. The van der Waals surface area contributed by atoms with Gasteiger partial charge in [0.2, 0.25) is 0 Å².